The number of carbonyl (C=O) groups is 2. The lowest BCUT2D eigenvalue weighted by molar-refractivity contribution is -0.143. The number of carboxylic acid groups (broad SMARTS) is 1. The third-order valence-corrected chi connectivity index (χ3v) is 8.54. The van der Waals surface area contributed by atoms with E-state index >= 15 is 0 Å². The lowest BCUT2D eigenvalue weighted by Crippen LogP contribution is -2.39. The van der Waals surface area contributed by atoms with Crippen LogP contribution in [0, 0.1) is 5.92 Å². The quantitative estimate of drug-likeness (QED) is 0.295. The standard InChI is InChI=1S/C33H31N3O5/c37-30(12-7-20-5-8-21(9-6-20)27-17-23(33(38)39)13-15-34-27)36-16-14-25-24-3-1-2-4-26(24)35-31(25)32(36)22-10-11-28-29(18-22)41-19-40-28/h1-12,18,23,27,32,34-35H,13-17,19H2,(H,38,39)/b12-7+. The molecule has 0 aliphatic carbocycles. The van der Waals surface area contributed by atoms with Crippen molar-refractivity contribution in [2.75, 3.05) is 19.9 Å². The molecule has 4 aromatic rings. The minimum absolute atomic E-state index is 0.0193. The second-order valence-corrected chi connectivity index (χ2v) is 10.9. The fourth-order valence-corrected chi connectivity index (χ4v) is 6.41. The Morgan fingerprint density at radius 2 is 1.78 bits per heavy atom. The highest BCUT2D eigenvalue weighted by Crippen LogP contribution is 2.42. The van der Waals surface area contributed by atoms with Gasteiger partial charge in [-0.05, 0) is 72.3 Å². The van der Waals surface area contributed by atoms with Gasteiger partial charge in [0.25, 0.3) is 0 Å². The van der Waals surface area contributed by atoms with Crippen LogP contribution in [0.4, 0.5) is 0 Å². The number of hydrogen-bond acceptors (Lipinski definition) is 5. The highest BCUT2D eigenvalue weighted by Gasteiger charge is 2.34. The highest BCUT2D eigenvalue weighted by molar-refractivity contribution is 5.93. The maximum atomic E-state index is 13.7. The van der Waals surface area contributed by atoms with Gasteiger partial charge in [0.05, 0.1) is 12.0 Å². The summed E-state index contributed by atoms with van der Waals surface area (Å²) in [5.41, 5.74) is 6.28. The van der Waals surface area contributed by atoms with Gasteiger partial charge in [-0.15, -0.1) is 0 Å². The number of para-hydroxylation sites is 1. The average molecular weight is 550 g/mol. The summed E-state index contributed by atoms with van der Waals surface area (Å²) in [4.78, 5) is 30.7. The number of carbonyl (C=O) groups excluding carboxylic acids is 1. The van der Waals surface area contributed by atoms with Crippen molar-refractivity contribution >= 4 is 28.9 Å². The zero-order valence-electron chi connectivity index (χ0n) is 22.5. The van der Waals surface area contributed by atoms with E-state index in [1.54, 1.807) is 6.08 Å². The van der Waals surface area contributed by atoms with Crippen LogP contribution in [0.15, 0.2) is 72.8 Å². The number of piperidine rings is 1. The zero-order chi connectivity index (χ0) is 27.9. The van der Waals surface area contributed by atoms with Gasteiger partial charge in [0.2, 0.25) is 12.7 Å². The minimum atomic E-state index is -0.731. The molecule has 7 rings (SSSR count). The topological polar surface area (TPSA) is 104 Å². The summed E-state index contributed by atoms with van der Waals surface area (Å²) < 4.78 is 11.2. The van der Waals surface area contributed by atoms with Crippen molar-refractivity contribution < 1.29 is 24.2 Å². The molecule has 3 aliphatic heterocycles. The summed E-state index contributed by atoms with van der Waals surface area (Å²) in [6.45, 7) is 1.48. The fourth-order valence-electron chi connectivity index (χ4n) is 6.41. The number of fused-ring (bicyclic) bond motifs is 4. The number of H-pyrrole nitrogens is 1. The van der Waals surface area contributed by atoms with Crippen molar-refractivity contribution in [3.05, 3.63) is 101 Å². The van der Waals surface area contributed by atoms with Gasteiger partial charge in [-0.3, -0.25) is 9.59 Å². The molecule has 208 valence electrons. The minimum Gasteiger partial charge on any atom is -0.481 e. The van der Waals surface area contributed by atoms with Gasteiger partial charge >= 0.3 is 5.97 Å². The monoisotopic (exact) mass is 549 g/mol. The van der Waals surface area contributed by atoms with E-state index < -0.39 is 5.97 Å². The maximum Gasteiger partial charge on any atom is 0.306 e. The molecule has 0 spiro atoms. The number of amides is 1. The average Bonchev–Trinajstić information content (AvgIpc) is 3.64. The number of rotatable bonds is 5. The van der Waals surface area contributed by atoms with Crippen molar-refractivity contribution in [1.82, 2.24) is 15.2 Å². The van der Waals surface area contributed by atoms with Gasteiger partial charge in [-0.25, -0.2) is 0 Å². The van der Waals surface area contributed by atoms with E-state index in [0.29, 0.717) is 37.4 Å². The molecule has 4 heterocycles. The number of aliphatic carboxylic acids is 1. The number of benzene rings is 3. The van der Waals surface area contributed by atoms with E-state index in [4.69, 9.17) is 9.47 Å². The first-order valence-electron chi connectivity index (χ1n) is 14.1. The number of aromatic nitrogens is 1. The van der Waals surface area contributed by atoms with Crippen molar-refractivity contribution in [1.29, 1.82) is 0 Å². The number of ether oxygens (including phenoxy) is 2. The van der Waals surface area contributed by atoms with Crippen LogP contribution >= 0.6 is 0 Å². The van der Waals surface area contributed by atoms with Gasteiger partial charge in [-0.1, -0.05) is 48.5 Å². The van der Waals surface area contributed by atoms with Gasteiger partial charge < -0.3 is 29.8 Å². The first-order valence-corrected chi connectivity index (χ1v) is 14.1. The summed E-state index contributed by atoms with van der Waals surface area (Å²) in [6.07, 6.45) is 5.48. The van der Waals surface area contributed by atoms with Crippen LogP contribution < -0.4 is 14.8 Å². The van der Waals surface area contributed by atoms with Crippen molar-refractivity contribution in [3.8, 4) is 11.5 Å². The second kappa shape index (κ2) is 10.4. The summed E-state index contributed by atoms with van der Waals surface area (Å²) in [7, 11) is 0. The molecule has 0 saturated carbocycles. The second-order valence-electron chi connectivity index (χ2n) is 10.9. The molecule has 8 heteroatoms. The SMILES string of the molecule is O=C(O)C1CCNC(c2ccc(/C=C/C(=O)N3CCc4c([nH]c5ccccc45)C3c3ccc4c(c3)OCO4)cc2)C1. The molecule has 41 heavy (non-hydrogen) atoms. The van der Waals surface area contributed by atoms with Crippen LogP contribution in [0.1, 0.15) is 52.9 Å². The number of nitrogens with zero attached hydrogens (tertiary/aromatic N) is 1. The first-order chi connectivity index (χ1) is 20.0. The summed E-state index contributed by atoms with van der Waals surface area (Å²) in [6, 6.07) is 21.9. The van der Waals surface area contributed by atoms with Crippen LogP contribution in [0.2, 0.25) is 0 Å². The Labute approximate surface area is 237 Å². The Balaban J connectivity index is 1.15. The highest BCUT2D eigenvalue weighted by atomic mass is 16.7. The number of nitrogens with one attached hydrogen (secondary N) is 2. The van der Waals surface area contributed by atoms with Gasteiger partial charge in [0.1, 0.15) is 0 Å². The zero-order valence-corrected chi connectivity index (χ0v) is 22.5. The van der Waals surface area contributed by atoms with E-state index in [0.717, 1.165) is 34.3 Å². The summed E-state index contributed by atoms with van der Waals surface area (Å²) in [5, 5.41) is 14.0. The van der Waals surface area contributed by atoms with Crippen LogP contribution in [0.25, 0.3) is 17.0 Å². The Hall–Kier alpha value is -4.56. The molecule has 0 bridgehead atoms. The van der Waals surface area contributed by atoms with Crippen LogP contribution in [-0.2, 0) is 16.0 Å². The normalized spacial score (nSPS) is 21.8. The van der Waals surface area contributed by atoms with Crippen molar-refractivity contribution in [3.63, 3.8) is 0 Å². The third kappa shape index (κ3) is 4.74. The lowest BCUT2D eigenvalue weighted by Gasteiger charge is -2.35. The molecular weight excluding hydrogens is 518 g/mol. The predicted octanol–water partition coefficient (Wildman–Crippen LogP) is 5.21. The van der Waals surface area contributed by atoms with Crippen LogP contribution in [0.5, 0.6) is 11.5 Å². The molecule has 3 aliphatic rings. The predicted molar refractivity (Wildman–Crippen MR) is 155 cm³/mol. The Morgan fingerprint density at radius 1 is 0.976 bits per heavy atom. The van der Waals surface area contributed by atoms with Crippen molar-refractivity contribution in [2.45, 2.75) is 31.3 Å². The number of hydrogen-bond donors (Lipinski definition) is 3. The lowest BCUT2D eigenvalue weighted by atomic mass is 9.88. The van der Waals surface area contributed by atoms with E-state index in [1.165, 1.54) is 10.9 Å². The molecule has 8 nitrogen and oxygen atoms in total. The fraction of sp³-hybridized carbons (Fsp3) is 0.273. The smallest absolute Gasteiger partial charge is 0.306 e. The molecule has 1 amide bonds. The van der Waals surface area contributed by atoms with Crippen molar-refractivity contribution in [2.24, 2.45) is 5.92 Å². The molecule has 1 fully saturated rings. The van der Waals surface area contributed by atoms with E-state index in [9.17, 15) is 14.7 Å². The summed E-state index contributed by atoms with van der Waals surface area (Å²) >= 11 is 0. The van der Waals surface area contributed by atoms with Gasteiger partial charge in [0.15, 0.2) is 11.5 Å². The Bertz CT molecular complexity index is 1660. The molecule has 3 unspecified atom stereocenters. The first kappa shape index (κ1) is 25.4. The molecule has 3 atom stereocenters. The molecular formula is C33H31N3O5. The number of carboxylic acids is 1. The number of aromatic amines is 1. The van der Waals surface area contributed by atoms with E-state index in [-0.39, 0.29) is 30.7 Å². The van der Waals surface area contributed by atoms with Gasteiger partial charge in [-0.2, -0.15) is 0 Å². The maximum absolute atomic E-state index is 13.7. The molecule has 1 aromatic heterocycles. The largest absolute Gasteiger partial charge is 0.481 e. The van der Waals surface area contributed by atoms with Gasteiger partial charge in [0, 0.05) is 35.3 Å². The van der Waals surface area contributed by atoms with Crippen LogP contribution in [0.3, 0.4) is 0 Å². The van der Waals surface area contributed by atoms with Crippen LogP contribution in [-0.4, -0.2) is 46.7 Å². The molecule has 1 saturated heterocycles. The third-order valence-electron chi connectivity index (χ3n) is 8.54. The molecule has 3 N–H and O–H groups in total. The van der Waals surface area contributed by atoms with E-state index in [1.807, 2.05) is 65.6 Å². The Morgan fingerprint density at radius 3 is 2.63 bits per heavy atom. The summed E-state index contributed by atoms with van der Waals surface area (Å²) in [5.74, 6) is 0.282. The molecule has 3 aromatic carbocycles. The van der Waals surface area contributed by atoms with E-state index in [2.05, 4.69) is 22.4 Å². The Kier molecular flexibility index (Phi) is 6.47. The molecule has 0 radical (unpaired) electrons.